The van der Waals surface area contributed by atoms with Crippen LogP contribution in [0.5, 0.6) is 0 Å². The lowest BCUT2D eigenvalue weighted by molar-refractivity contribution is -0.120. The maximum atomic E-state index is 12.3. The summed E-state index contributed by atoms with van der Waals surface area (Å²) in [5, 5.41) is 6.41. The summed E-state index contributed by atoms with van der Waals surface area (Å²) in [4.78, 5) is 26.1. The van der Waals surface area contributed by atoms with Gasteiger partial charge in [0, 0.05) is 30.4 Å². The Balaban J connectivity index is 1.59. The van der Waals surface area contributed by atoms with E-state index in [1.165, 1.54) is 19.3 Å². The molecule has 2 atom stereocenters. The Hall–Kier alpha value is -2.04. The van der Waals surface area contributed by atoms with Crippen molar-refractivity contribution in [2.75, 3.05) is 23.3 Å². The predicted molar refractivity (Wildman–Crippen MR) is 101 cm³/mol. The molecule has 2 N–H and O–H groups in total. The third kappa shape index (κ3) is 4.14. The highest BCUT2D eigenvalue weighted by molar-refractivity contribution is 5.97. The lowest BCUT2D eigenvalue weighted by Gasteiger charge is -2.29. The highest BCUT2D eigenvalue weighted by atomic mass is 16.2. The zero-order valence-electron chi connectivity index (χ0n) is 15.3. The molecule has 0 aromatic heterocycles. The quantitative estimate of drug-likeness (QED) is 0.863. The molecule has 0 radical (unpaired) electrons. The first-order valence-electron chi connectivity index (χ1n) is 9.49. The second kappa shape index (κ2) is 7.89. The van der Waals surface area contributed by atoms with Crippen LogP contribution in [0, 0.1) is 12.8 Å². The van der Waals surface area contributed by atoms with Crippen LogP contribution in [0.25, 0.3) is 0 Å². The molecule has 5 nitrogen and oxygen atoms in total. The summed E-state index contributed by atoms with van der Waals surface area (Å²) in [6.07, 6.45) is 6.29. The molecule has 1 aromatic rings. The maximum absolute atomic E-state index is 12.3. The van der Waals surface area contributed by atoms with E-state index in [4.69, 9.17) is 0 Å². The van der Waals surface area contributed by atoms with Crippen molar-refractivity contribution in [2.45, 2.75) is 58.4 Å². The van der Waals surface area contributed by atoms with Gasteiger partial charge in [-0.15, -0.1) is 0 Å². The Bertz CT molecular complexity index is 644. The van der Waals surface area contributed by atoms with Crippen LogP contribution in [-0.4, -0.2) is 30.9 Å². The topological polar surface area (TPSA) is 61.4 Å². The van der Waals surface area contributed by atoms with E-state index in [0.717, 1.165) is 36.3 Å². The summed E-state index contributed by atoms with van der Waals surface area (Å²) in [6.45, 7) is 5.27. The number of nitrogens with one attached hydrogen (secondary N) is 2. The van der Waals surface area contributed by atoms with Crippen LogP contribution >= 0.6 is 0 Å². The SMILES string of the molecule is Cc1c(NCC(=O)NC2CCCCC2C)cccc1N1CCCC1=O. The van der Waals surface area contributed by atoms with Gasteiger partial charge in [0.05, 0.1) is 6.54 Å². The van der Waals surface area contributed by atoms with Crippen LogP contribution in [0.15, 0.2) is 18.2 Å². The normalized spacial score (nSPS) is 23.6. The molecule has 1 aliphatic carbocycles. The first-order chi connectivity index (χ1) is 12.1. The third-order valence-corrected chi connectivity index (χ3v) is 5.57. The maximum Gasteiger partial charge on any atom is 0.239 e. The van der Waals surface area contributed by atoms with Gasteiger partial charge in [-0.3, -0.25) is 9.59 Å². The second-order valence-corrected chi connectivity index (χ2v) is 7.39. The number of benzene rings is 1. The van der Waals surface area contributed by atoms with Crippen LogP contribution in [0.1, 0.15) is 51.0 Å². The summed E-state index contributed by atoms with van der Waals surface area (Å²) in [5.74, 6) is 0.786. The first-order valence-corrected chi connectivity index (χ1v) is 9.49. The van der Waals surface area contributed by atoms with Gasteiger partial charge >= 0.3 is 0 Å². The highest BCUT2D eigenvalue weighted by Gasteiger charge is 2.24. The molecule has 136 valence electrons. The average Bonchev–Trinajstić information content (AvgIpc) is 3.02. The Kier molecular flexibility index (Phi) is 5.61. The Morgan fingerprint density at radius 2 is 2.04 bits per heavy atom. The molecule has 1 aromatic carbocycles. The van der Waals surface area contributed by atoms with E-state index in [0.29, 0.717) is 18.4 Å². The molecule has 3 rings (SSSR count). The summed E-state index contributed by atoms with van der Waals surface area (Å²) >= 11 is 0. The molecule has 2 aliphatic rings. The number of amides is 2. The molecule has 0 bridgehead atoms. The second-order valence-electron chi connectivity index (χ2n) is 7.39. The number of rotatable bonds is 5. The van der Waals surface area contributed by atoms with E-state index in [1.54, 1.807) is 0 Å². The molecule has 2 unspecified atom stereocenters. The molecule has 25 heavy (non-hydrogen) atoms. The molecule has 2 fully saturated rings. The van der Waals surface area contributed by atoms with Crippen LogP contribution in [0.4, 0.5) is 11.4 Å². The smallest absolute Gasteiger partial charge is 0.239 e. The van der Waals surface area contributed by atoms with Gasteiger partial charge in [-0.05, 0) is 49.8 Å². The van der Waals surface area contributed by atoms with Crippen LogP contribution in [0.3, 0.4) is 0 Å². The van der Waals surface area contributed by atoms with Crippen molar-refractivity contribution in [3.05, 3.63) is 23.8 Å². The predicted octanol–water partition coefficient (Wildman–Crippen LogP) is 3.23. The lowest BCUT2D eigenvalue weighted by Crippen LogP contribution is -2.43. The van der Waals surface area contributed by atoms with Crippen LogP contribution in [-0.2, 0) is 9.59 Å². The van der Waals surface area contributed by atoms with Gasteiger partial charge in [0.25, 0.3) is 0 Å². The van der Waals surface area contributed by atoms with E-state index in [2.05, 4.69) is 17.6 Å². The molecular formula is C20H29N3O2. The van der Waals surface area contributed by atoms with E-state index >= 15 is 0 Å². The first kappa shape index (κ1) is 17.8. The summed E-state index contributed by atoms with van der Waals surface area (Å²) < 4.78 is 0. The monoisotopic (exact) mass is 343 g/mol. The molecule has 0 spiro atoms. The van der Waals surface area contributed by atoms with Crippen molar-refractivity contribution < 1.29 is 9.59 Å². The lowest BCUT2D eigenvalue weighted by atomic mass is 9.86. The minimum Gasteiger partial charge on any atom is -0.376 e. The van der Waals surface area contributed by atoms with Gasteiger partial charge in [0.1, 0.15) is 0 Å². The van der Waals surface area contributed by atoms with Crippen LogP contribution in [0.2, 0.25) is 0 Å². The zero-order chi connectivity index (χ0) is 17.8. The molecule has 1 heterocycles. The molecule has 1 saturated carbocycles. The fourth-order valence-electron chi connectivity index (χ4n) is 3.97. The third-order valence-electron chi connectivity index (χ3n) is 5.57. The van der Waals surface area contributed by atoms with Crippen molar-refractivity contribution in [3.8, 4) is 0 Å². The fraction of sp³-hybridized carbons (Fsp3) is 0.600. The van der Waals surface area contributed by atoms with Gasteiger partial charge in [0.2, 0.25) is 11.8 Å². The summed E-state index contributed by atoms with van der Waals surface area (Å²) in [6, 6.07) is 6.19. The number of carbonyl (C=O) groups excluding carboxylic acids is 2. The molecule has 5 heteroatoms. The van der Waals surface area contributed by atoms with Gasteiger partial charge in [-0.1, -0.05) is 25.8 Å². The van der Waals surface area contributed by atoms with E-state index in [9.17, 15) is 9.59 Å². The number of carbonyl (C=O) groups is 2. The Labute approximate surface area is 150 Å². The van der Waals surface area contributed by atoms with Crippen molar-refractivity contribution in [3.63, 3.8) is 0 Å². The van der Waals surface area contributed by atoms with Crippen molar-refractivity contribution in [1.29, 1.82) is 0 Å². The summed E-state index contributed by atoms with van der Waals surface area (Å²) in [5.41, 5.74) is 2.90. The largest absolute Gasteiger partial charge is 0.376 e. The number of nitrogens with zero attached hydrogens (tertiary/aromatic N) is 1. The molecule has 2 amide bonds. The standard InChI is InChI=1S/C20H29N3O2/c1-14-7-3-4-8-16(14)22-19(24)13-21-17-9-5-10-18(15(17)2)23-12-6-11-20(23)25/h5,9-10,14,16,21H,3-4,6-8,11-13H2,1-2H3,(H,22,24). The van der Waals surface area contributed by atoms with Crippen LogP contribution < -0.4 is 15.5 Å². The number of anilines is 2. The van der Waals surface area contributed by atoms with Crippen molar-refractivity contribution in [1.82, 2.24) is 5.32 Å². The van der Waals surface area contributed by atoms with Crippen molar-refractivity contribution >= 4 is 23.2 Å². The van der Waals surface area contributed by atoms with Gasteiger partial charge in [-0.2, -0.15) is 0 Å². The number of hydrogen-bond acceptors (Lipinski definition) is 3. The van der Waals surface area contributed by atoms with E-state index in [1.807, 2.05) is 30.0 Å². The fourth-order valence-corrected chi connectivity index (χ4v) is 3.97. The number of hydrogen-bond donors (Lipinski definition) is 2. The molecule has 1 aliphatic heterocycles. The minimum atomic E-state index is 0.0424. The molecular weight excluding hydrogens is 314 g/mol. The van der Waals surface area contributed by atoms with E-state index < -0.39 is 0 Å². The highest BCUT2D eigenvalue weighted by Crippen LogP contribution is 2.30. The van der Waals surface area contributed by atoms with Crippen molar-refractivity contribution in [2.24, 2.45) is 5.92 Å². The zero-order valence-corrected chi connectivity index (χ0v) is 15.3. The van der Waals surface area contributed by atoms with Gasteiger partial charge in [-0.25, -0.2) is 0 Å². The Morgan fingerprint density at radius 1 is 1.24 bits per heavy atom. The van der Waals surface area contributed by atoms with E-state index in [-0.39, 0.29) is 18.4 Å². The van der Waals surface area contributed by atoms with Gasteiger partial charge < -0.3 is 15.5 Å². The average molecular weight is 343 g/mol. The minimum absolute atomic E-state index is 0.0424. The molecule has 1 saturated heterocycles. The summed E-state index contributed by atoms with van der Waals surface area (Å²) in [7, 11) is 0. The Morgan fingerprint density at radius 3 is 2.76 bits per heavy atom. The van der Waals surface area contributed by atoms with Gasteiger partial charge in [0.15, 0.2) is 0 Å².